The maximum Gasteiger partial charge on any atom is 0.223 e. The van der Waals surface area contributed by atoms with Crippen molar-refractivity contribution in [2.24, 2.45) is 0 Å². The Morgan fingerprint density at radius 1 is 1.33 bits per heavy atom. The predicted molar refractivity (Wildman–Crippen MR) is 67.3 cm³/mol. The standard InChI is InChI=1S/C13H17N3O2/c1-9-3-4-12(17)11(7-9)8-14-6-5-13-15-10(2)18-16-13/h3-4,7,14,17H,5-6,8H2,1-2H3. The van der Waals surface area contributed by atoms with Gasteiger partial charge in [0.1, 0.15) is 5.75 Å². The van der Waals surface area contributed by atoms with Crippen LogP contribution in [0.4, 0.5) is 0 Å². The number of aryl methyl sites for hydroxylation is 2. The molecule has 5 heteroatoms. The molecule has 18 heavy (non-hydrogen) atoms. The Morgan fingerprint density at radius 2 is 2.17 bits per heavy atom. The Kier molecular flexibility index (Phi) is 3.94. The molecule has 2 N–H and O–H groups in total. The van der Waals surface area contributed by atoms with Crippen LogP contribution in [-0.2, 0) is 13.0 Å². The van der Waals surface area contributed by atoms with E-state index in [4.69, 9.17) is 4.52 Å². The zero-order chi connectivity index (χ0) is 13.0. The monoisotopic (exact) mass is 247 g/mol. The molecule has 0 aliphatic rings. The maximum atomic E-state index is 9.67. The van der Waals surface area contributed by atoms with Gasteiger partial charge in [0, 0.05) is 32.0 Å². The molecule has 0 aliphatic carbocycles. The number of phenolic OH excluding ortho intramolecular Hbond substituents is 1. The Bertz CT molecular complexity index is 523. The third-order valence-electron chi connectivity index (χ3n) is 2.65. The highest BCUT2D eigenvalue weighted by Crippen LogP contribution is 2.17. The van der Waals surface area contributed by atoms with E-state index < -0.39 is 0 Å². The number of aromatic nitrogens is 2. The third-order valence-corrected chi connectivity index (χ3v) is 2.65. The van der Waals surface area contributed by atoms with E-state index >= 15 is 0 Å². The molecule has 1 aromatic heterocycles. The van der Waals surface area contributed by atoms with Gasteiger partial charge in [0.25, 0.3) is 0 Å². The van der Waals surface area contributed by atoms with Crippen molar-refractivity contribution >= 4 is 0 Å². The van der Waals surface area contributed by atoms with Gasteiger partial charge in [0.05, 0.1) is 0 Å². The van der Waals surface area contributed by atoms with Crippen molar-refractivity contribution in [1.29, 1.82) is 0 Å². The fraction of sp³-hybridized carbons (Fsp3) is 0.385. The highest BCUT2D eigenvalue weighted by Gasteiger charge is 2.03. The number of hydrogen-bond acceptors (Lipinski definition) is 5. The molecular formula is C13H17N3O2. The zero-order valence-electron chi connectivity index (χ0n) is 10.6. The van der Waals surface area contributed by atoms with Crippen LogP contribution in [0.25, 0.3) is 0 Å². The van der Waals surface area contributed by atoms with Crippen LogP contribution < -0.4 is 5.32 Å². The first-order chi connectivity index (χ1) is 8.65. The molecule has 0 unspecified atom stereocenters. The minimum absolute atomic E-state index is 0.323. The second-order valence-electron chi connectivity index (χ2n) is 4.29. The molecule has 0 atom stereocenters. The van der Waals surface area contributed by atoms with Crippen molar-refractivity contribution in [3.8, 4) is 5.75 Å². The topological polar surface area (TPSA) is 71.2 Å². The number of phenols is 1. The van der Waals surface area contributed by atoms with E-state index in [0.29, 0.717) is 30.4 Å². The summed E-state index contributed by atoms with van der Waals surface area (Å²) in [7, 11) is 0. The Balaban J connectivity index is 1.80. The number of nitrogens with zero attached hydrogens (tertiary/aromatic N) is 2. The number of nitrogens with one attached hydrogen (secondary N) is 1. The van der Waals surface area contributed by atoms with Crippen molar-refractivity contribution in [3.05, 3.63) is 41.0 Å². The lowest BCUT2D eigenvalue weighted by Crippen LogP contribution is -2.17. The van der Waals surface area contributed by atoms with Gasteiger partial charge >= 0.3 is 0 Å². The van der Waals surface area contributed by atoms with Gasteiger partial charge in [0.2, 0.25) is 5.89 Å². The molecule has 0 amide bonds. The molecule has 0 radical (unpaired) electrons. The Hall–Kier alpha value is -1.88. The Labute approximate surface area is 106 Å². The molecule has 0 saturated carbocycles. The quantitative estimate of drug-likeness (QED) is 0.787. The minimum atomic E-state index is 0.323. The SMILES string of the molecule is Cc1ccc(O)c(CNCCc2noc(C)n2)c1. The number of hydrogen-bond donors (Lipinski definition) is 2. The third kappa shape index (κ3) is 3.30. The van der Waals surface area contributed by atoms with E-state index in [2.05, 4.69) is 15.5 Å². The highest BCUT2D eigenvalue weighted by molar-refractivity contribution is 5.35. The summed E-state index contributed by atoms with van der Waals surface area (Å²) in [5.74, 6) is 1.61. The largest absolute Gasteiger partial charge is 0.508 e. The molecule has 2 aromatic rings. The molecule has 0 fully saturated rings. The van der Waals surface area contributed by atoms with E-state index in [1.807, 2.05) is 19.1 Å². The molecule has 96 valence electrons. The van der Waals surface area contributed by atoms with Gasteiger partial charge in [-0.1, -0.05) is 22.9 Å². The van der Waals surface area contributed by atoms with E-state index in [-0.39, 0.29) is 0 Å². The fourth-order valence-corrected chi connectivity index (χ4v) is 1.72. The normalized spacial score (nSPS) is 10.8. The van der Waals surface area contributed by atoms with Gasteiger partial charge in [-0.05, 0) is 13.0 Å². The second kappa shape index (κ2) is 5.64. The van der Waals surface area contributed by atoms with Crippen molar-refractivity contribution in [3.63, 3.8) is 0 Å². The van der Waals surface area contributed by atoms with Gasteiger partial charge in [-0.3, -0.25) is 0 Å². The summed E-state index contributed by atoms with van der Waals surface area (Å²) < 4.78 is 4.89. The van der Waals surface area contributed by atoms with Gasteiger partial charge in [0.15, 0.2) is 5.82 Å². The van der Waals surface area contributed by atoms with Crippen LogP contribution >= 0.6 is 0 Å². The van der Waals surface area contributed by atoms with Crippen LogP contribution in [0.5, 0.6) is 5.75 Å². The zero-order valence-corrected chi connectivity index (χ0v) is 10.6. The van der Waals surface area contributed by atoms with Crippen LogP contribution in [0.2, 0.25) is 0 Å². The van der Waals surface area contributed by atoms with Crippen LogP contribution in [0.15, 0.2) is 22.7 Å². The molecule has 2 rings (SSSR count). The molecule has 0 saturated heterocycles. The second-order valence-corrected chi connectivity index (χ2v) is 4.29. The number of rotatable bonds is 5. The van der Waals surface area contributed by atoms with Crippen molar-refractivity contribution in [1.82, 2.24) is 15.5 Å². The number of aromatic hydroxyl groups is 1. The lowest BCUT2D eigenvalue weighted by Gasteiger charge is -2.06. The average Bonchev–Trinajstić information content (AvgIpc) is 2.75. The highest BCUT2D eigenvalue weighted by atomic mass is 16.5. The van der Waals surface area contributed by atoms with E-state index in [0.717, 1.165) is 17.7 Å². The summed E-state index contributed by atoms with van der Waals surface area (Å²) >= 11 is 0. The molecular weight excluding hydrogens is 230 g/mol. The minimum Gasteiger partial charge on any atom is -0.508 e. The summed E-state index contributed by atoms with van der Waals surface area (Å²) in [5, 5.41) is 16.7. The first kappa shape index (κ1) is 12.6. The maximum absolute atomic E-state index is 9.67. The van der Waals surface area contributed by atoms with Crippen LogP contribution in [0.1, 0.15) is 22.8 Å². The first-order valence-electron chi connectivity index (χ1n) is 5.93. The number of benzene rings is 1. The average molecular weight is 247 g/mol. The fourth-order valence-electron chi connectivity index (χ4n) is 1.72. The lowest BCUT2D eigenvalue weighted by molar-refractivity contribution is 0.387. The van der Waals surface area contributed by atoms with Crippen molar-refractivity contribution in [2.75, 3.05) is 6.54 Å². The molecule has 0 bridgehead atoms. The lowest BCUT2D eigenvalue weighted by atomic mass is 10.1. The summed E-state index contributed by atoms with van der Waals surface area (Å²) in [6, 6.07) is 5.58. The molecule has 0 spiro atoms. The predicted octanol–water partition coefficient (Wildman–Crippen LogP) is 1.72. The summed E-state index contributed by atoms with van der Waals surface area (Å²) in [4.78, 5) is 4.12. The summed E-state index contributed by atoms with van der Waals surface area (Å²) in [6.07, 6.45) is 0.712. The summed E-state index contributed by atoms with van der Waals surface area (Å²) in [6.45, 7) is 5.15. The van der Waals surface area contributed by atoms with Gasteiger partial charge in [-0.2, -0.15) is 4.98 Å². The van der Waals surface area contributed by atoms with Crippen molar-refractivity contribution < 1.29 is 9.63 Å². The van der Waals surface area contributed by atoms with Crippen LogP contribution in [0, 0.1) is 13.8 Å². The van der Waals surface area contributed by atoms with E-state index in [1.54, 1.807) is 13.0 Å². The van der Waals surface area contributed by atoms with Crippen LogP contribution in [0.3, 0.4) is 0 Å². The molecule has 5 nitrogen and oxygen atoms in total. The first-order valence-corrected chi connectivity index (χ1v) is 5.93. The van der Waals surface area contributed by atoms with Gasteiger partial charge < -0.3 is 14.9 Å². The van der Waals surface area contributed by atoms with E-state index in [9.17, 15) is 5.11 Å². The molecule has 1 aromatic carbocycles. The van der Waals surface area contributed by atoms with Crippen molar-refractivity contribution in [2.45, 2.75) is 26.8 Å². The summed E-state index contributed by atoms with van der Waals surface area (Å²) in [5.41, 5.74) is 2.04. The smallest absolute Gasteiger partial charge is 0.223 e. The van der Waals surface area contributed by atoms with E-state index in [1.165, 1.54) is 0 Å². The molecule has 0 aliphatic heterocycles. The Morgan fingerprint density at radius 3 is 2.89 bits per heavy atom. The van der Waals surface area contributed by atoms with Gasteiger partial charge in [-0.25, -0.2) is 0 Å². The van der Waals surface area contributed by atoms with Crippen LogP contribution in [-0.4, -0.2) is 21.8 Å². The van der Waals surface area contributed by atoms with Gasteiger partial charge in [-0.15, -0.1) is 0 Å². The molecule has 1 heterocycles.